The third kappa shape index (κ3) is 3.82. The van der Waals surface area contributed by atoms with Crippen LogP contribution in [0.2, 0.25) is 0 Å². The Kier molecular flexibility index (Phi) is 4.94. The van der Waals surface area contributed by atoms with Crippen LogP contribution in [0.5, 0.6) is 0 Å². The predicted molar refractivity (Wildman–Crippen MR) is 62.1 cm³/mol. The van der Waals surface area contributed by atoms with E-state index in [-0.39, 0.29) is 18.2 Å². The molecule has 16 heavy (non-hydrogen) atoms. The highest BCUT2D eigenvalue weighted by atomic mass is 35.6. The van der Waals surface area contributed by atoms with Gasteiger partial charge in [-0.1, -0.05) is 51.6 Å². The number of oxime groups is 1. The van der Waals surface area contributed by atoms with Crippen LogP contribution in [0.1, 0.15) is 6.42 Å². The molecule has 0 bridgehead atoms. The molecule has 0 fully saturated rings. The number of carbonyl (C=O) groups excluding carboxylic acids is 1. The maximum absolute atomic E-state index is 11.3. The van der Waals surface area contributed by atoms with E-state index in [1.165, 1.54) is 0 Å². The molecule has 1 heterocycles. The average molecular weight is 310 g/mol. The van der Waals surface area contributed by atoms with Gasteiger partial charge in [0.05, 0.1) is 12.6 Å². The minimum Gasteiger partial charge on any atom is -0.394 e. The Balaban J connectivity index is 2.54. The van der Waals surface area contributed by atoms with Crippen LogP contribution in [-0.2, 0) is 9.63 Å². The second kappa shape index (κ2) is 5.60. The summed E-state index contributed by atoms with van der Waals surface area (Å²) >= 11 is 21.7. The molecule has 0 radical (unpaired) electrons. The van der Waals surface area contributed by atoms with Crippen LogP contribution in [0.15, 0.2) is 5.16 Å². The fourth-order valence-electron chi connectivity index (χ4n) is 1.09. The molecular weight excluding hydrogens is 302 g/mol. The highest BCUT2D eigenvalue weighted by Crippen LogP contribution is 2.26. The standard InChI is InChI=1S/C7H8Cl4N2O3/c8-5-1-4(16-13-5)3(2-14)12-6(15)7(9,10)11/h3-4,14H,1-2H2,(H,12,15)/t3-,4-/m1/s1. The first-order valence-electron chi connectivity index (χ1n) is 4.21. The number of rotatable bonds is 3. The van der Waals surface area contributed by atoms with E-state index >= 15 is 0 Å². The lowest BCUT2D eigenvalue weighted by atomic mass is 10.1. The topological polar surface area (TPSA) is 70.9 Å². The van der Waals surface area contributed by atoms with E-state index in [1.807, 2.05) is 0 Å². The molecule has 9 heteroatoms. The fraction of sp³-hybridized carbons (Fsp3) is 0.714. The van der Waals surface area contributed by atoms with Gasteiger partial charge in [0.25, 0.3) is 9.70 Å². The number of hydrogen-bond acceptors (Lipinski definition) is 4. The van der Waals surface area contributed by atoms with Gasteiger partial charge >= 0.3 is 0 Å². The lowest BCUT2D eigenvalue weighted by Crippen LogP contribution is -2.49. The highest BCUT2D eigenvalue weighted by Gasteiger charge is 2.36. The monoisotopic (exact) mass is 308 g/mol. The largest absolute Gasteiger partial charge is 0.394 e. The smallest absolute Gasteiger partial charge is 0.272 e. The first kappa shape index (κ1) is 14.1. The van der Waals surface area contributed by atoms with Crippen LogP contribution in [0, 0.1) is 0 Å². The summed E-state index contributed by atoms with van der Waals surface area (Å²) in [4.78, 5) is 16.2. The van der Waals surface area contributed by atoms with Crippen LogP contribution >= 0.6 is 46.4 Å². The maximum atomic E-state index is 11.3. The number of nitrogens with zero attached hydrogens (tertiary/aromatic N) is 1. The van der Waals surface area contributed by atoms with Gasteiger partial charge in [0.1, 0.15) is 5.17 Å². The number of alkyl halides is 3. The van der Waals surface area contributed by atoms with Crippen molar-refractivity contribution in [2.24, 2.45) is 5.16 Å². The van der Waals surface area contributed by atoms with E-state index in [0.29, 0.717) is 0 Å². The van der Waals surface area contributed by atoms with Gasteiger partial charge in [-0.3, -0.25) is 4.79 Å². The second-order valence-corrected chi connectivity index (χ2v) is 5.79. The van der Waals surface area contributed by atoms with E-state index < -0.39 is 21.8 Å². The van der Waals surface area contributed by atoms with Crippen LogP contribution < -0.4 is 5.32 Å². The summed E-state index contributed by atoms with van der Waals surface area (Å²) in [7, 11) is 0. The number of carbonyl (C=O) groups is 1. The fourth-order valence-corrected chi connectivity index (χ4v) is 1.44. The summed E-state index contributed by atoms with van der Waals surface area (Å²) in [6.45, 7) is -0.378. The molecule has 0 aliphatic carbocycles. The minimum atomic E-state index is -2.09. The van der Waals surface area contributed by atoms with Crippen molar-refractivity contribution >= 4 is 57.5 Å². The molecule has 0 aromatic heterocycles. The molecule has 0 spiro atoms. The van der Waals surface area contributed by atoms with Crippen LogP contribution in [0.4, 0.5) is 0 Å². The number of halogens is 4. The van der Waals surface area contributed by atoms with E-state index in [2.05, 4.69) is 10.5 Å². The predicted octanol–water partition coefficient (Wildman–Crippen LogP) is 1.17. The Hall–Kier alpha value is 0.0600. The first-order valence-corrected chi connectivity index (χ1v) is 5.72. The Morgan fingerprint density at radius 1 is 1.69 bits per heavy atom. The summed E-state index contributed by atoms with van der Waals surface area (Å²) in [6, 6.07) is -0.733. The highest BCUT2D eigenvalue weighted by molar-refractivity contribution is 6.76. The molecule has 1 aliphatic heterocycles. The van der Waals surface area contributed by atoms with Gasteiger partial charge in [0.2, 0.25) is 0 Å². The molecule has 2 N–H and O–H groups in total. The van der Waals surface area contributed by atoms with Crippen molar-refractivity contribution < 1.29 is 14.7 Å². The number of nitrogens with one attached hydrogen (secondary N) is 1. The van der Waals surface area contributed by atoms with E-state index in [4.69, 9.17) is 56.3 Å². The molecule has 0 unspecified atom stereocenters. The maximum Gasteiger partial charge on any atom is 0.272 e. The van der Waals surface area contributed by atoms with Gasteiger partial charge in [-0.2, -0.15) is 0 Å². The van der Waals surface area contributed by atoms with Gasteiger partial charge in [0, 0.05) is 6.42 Å². The zero-order valence-electron chi connectivity index (χ0n) is 7.79. The molecule has 1 rings (SSSR count). The molecule has 1 amide bonds. The van der Waals surface area contributed by atoms with Crippen molar-refractivity contribution in [2.75, 3.05) is 6.61 Å². The van der Waals surface area contributed by atoms with Crippen molar-refractivity contribution in [1.29, 1.82) is 0 Å². The van der Waals surface area contributed by atoms with Crippen molar-refractivity contribution in [2.45, 2.75) is 22.4 Å². The van der Waals surface area contributed by atoms with Gasteiger partial charge < -0.3 is 15.3 Å². The lowest BCUT2D eigenvalue weighted by molar-refractivity contribution is -0.122. The minimum absolute atomic E-state index is 0.256. The van der Waals surface area contributed by atoms with Crippen LogP contribution in [0.3, 0.4) is 0 Å². The van der Waals surface area contributed by atoms with Crippen molar-refractivity contribution in [3.63, 3.8) is 0 Å². The molecule has 0 aromatic rings. The molecule has 0 aromatic carbocycles. The first-order chi connectivity index (χ1) is 7.34. The van der Waals surface area contributed by atoms with E-state index in [0.717, 1.165) is 0 Å². The van der Waals surface area contributed by atoms with E-state index in [9.17, 15) is 4.79 Å². The lowest BCUT2D eigenvalue weighted by Gasteiger charge is -2.22. The van der Waals surface area contributed by atoms with Crippen LogP contribution in [0.25, 0.3) is 0 Å². The van der Waals surface area contributed by atoms with Gasteiger partial charge in [-0.05, 0) is 0 Å². The normalized spacial score (nSPS) is 22.3. The summed E-state index contributed by atoms with van der Waals surface area (Å²) < 4.78 is -2.09. The SMILES string of the molecule is O=C(N[C@H](CO)[C@H]1CC(Cl)=NO1)C(Cl)(Cl)Cl. The Morgan fingerprint density at radius 2 is 2.31 bits per heavy atom. The molecule has 0 saturated carbocycles. The second-order valence-electron chi connectivity index (χ2n) is 3.08. The summed E-state index contributed by atoms with van der Waals surface area (Å²) in [5, 5.41) is 15.1. The summed E-state index contributed by atoms with van der Waals surface area (Å²) in [5.41, 5.74) is 0. The third-order valence-corrected chi connectivity index (χ3v) is 2.61. The molecule has 0 saturated heterocycles. The zero-order valence-corrected chi connectivity index (χ0v) is 10.8. The Bertz CT molecular complexity index is 304. The average Bonchev–Trinajstić information content (AvgIpc) is 2.59. The molecular formula is C7H8Cl4N2O3. The molecule has 92 valence electrons. The van der Waals surface area contributed by atoms with Gasteiger partial charge in [-0.25, -0.2) is 0 Å². The summed E-state index contributed by atoms with van der Waals surface area (Å²) in [5.74, 6) is -0.844. The Morgan fingerprint density at radius 3 is 2.69 bits per heavy atom. The Labute approximate surface area is 112 Å². The van der Waals surface area contributed by atoms with Crippen molar-refractivity contribution in [1.82, 2.24) is 5.32 Å². The van der Waals surface area contributed by atoms with E-state index in [1.54, 1.807) is 0 Å². The third-order valence-electron chi connectivity index (χ3n) is 1.88. The van der Waals surface area contributed by atoms with Gasteiger partial charge in [0.15, 0.2) is 6.10 Å². The number of aliphatic hydroxyl groups is 1. The van der Waals surface area contributed by atoms with Crippen LogP contribution in [-0.4, -0.2) is 38.7 Å². The van der Waals surface area contributed by atoms with Crippen molar-refractivity contribution in [3.8, 4) is 0 Å². The zero-order chi connectivity index (χ0) is 12.3. The molecule has 5 nitrogen and oxygen atoms in total. The number of hydrogen-bond donors (Lipinski definition) is 2. The summed E-state index contributed by atoms with van der Waals surface area (Å²) in [6.07, 6.45) is -0.277. The number of amides is 1. The number of aliphatic hydroxyl groups excluding tert-OH is 1. The molecule has 2 atom stereocenters. The van der Waals surface area contributed by atoms with Crippen molar-refractivity contribution in [3.05, 3.63) is 0 Å². The van der Waals surface area contributed by atoms with Gasteiger partial charge in [-0.15, -0.1) is 0 Å². The quantitative estimate of drug-likeness (QED) is 0.769. The molecule has 1 aliphatic rings.